The molecule has 296 valence electrons. The van der Waals surface area contributed by atoms with E-state index in [9.17, 15) is 0 Å². The zero-order valence-electron chi connectivity index (χ0n) is 34.4. The average molecular weight is 805 g/mol. The van der Waals surface area contributed by atoms with Crippen LogP contribution in [-0.2, 0) is 0 Å². The first kappa shape index (κ1) is 36.5. The molecular weight excluding hydrogens is 765 g/mol. The molecule has 3 nitrogen and oxygen atoms in total. The predicted octanol–water partition coefficient (Wildman–Crippen LogP) is 16.8. The summed E-state index contributed by atoms with van der Waals surface area (Å²) in [6.45, 7) is 0. The van der Waals surface area contributed by atoms with Crippen molar-refractivity contribution in [3.8, 4) is 50.2 Å². The summed E-state index contributed by atoms with van der Waals surface area (Å²) in [6.07, 6.45) is 0. The van der Waals surface area contributed by atoms with E-state index < -0.39 is 0 Å². The molecule has 0 bridgehead atoms. The van der Waals surface area contributed by atoms with Gasteiger partial charge in [-0.25, -0.2) is 0 Å². The van der Waals surface area contributed by atoms with E-state index in [2.05, 4.69) is 240 Å². The molecule has 0 unspecified atom stereocenters. The van der Waals surface area contributed by atoms with Crippen LogP contribution in [0.15, 0.2) is 247 Å². The number of rotatable bonds is 8. The number of fused-ring (bicyclic) bond motifs is 6. The fourth-order valence-electron chi connectivity index (χ4n) is 9.27. The second kappa shape index (κ2) is 15.3. The van der Waals surface area contributed by atoms with Gasteiger partial charge in [-0.3, -0.25) is 0 Å². The smallest absolute Gasteiger partial charge is 0.136 e. The lowest BCUT2D eigenvalue weighted by molar-refractivity contribution is 0.669. The van der Waals surface area contributed by atoms with Crippen LogP contribution in [0.4, 0.5) is 17.1 Å². The normalized spacial score (nSPS) is 11.5. The number of benzene rings is 10. The Morgan fingerprint density at radius 2 is 0.667 bits per heavy atom. The Labute approximate surface area is 366 Å². The molecule has 0 aliphatic carbocycles. The van der Waals surface area contributed by atoms with E-state index in [0.717, 1.165) is 55.8 Å². The fraction of sp³-hybridized carbons (Fsp3) is 0. The molecule has 3 heteroatoms. The second-order valence-electron chi connectivity index (χ2n) is 16.1. The maximum atomic E-state index is 6.24. The van der Waals surface area contributed by atoms with Crippen LogP contribution < -0.4 is 4.90 Å². The van der Waals surface area contributed by atoms with Crippen LogP contribution in [0.2, 0.25) is 0 Å². The molecule has 2 aromatic heterocycles. The first-order valence-corrected chi connectivity index (χ1v) is 21.5. The van der Waals surface area contributed by atoms with Gasteiger partial charge in [0.1, 0.15) is 11.2 Å². The van der Waals surface area contributed by atoms with Crippen LogP contribution in [0.1, 0.15) is 0 Å². The number of hydrogen-bond acceptors (Lipinski definition) is 2. The van der Waals surface area contributed by atoms with Gasteiger partial charge in [0.25, 0.3) is 0 Å². The molecule has 0 saturated heterocycles. The fourth-order valence-corrected chi connectivity index (χ4v) is 9.27. The number of hydrogen-bond donors (Lipinski definition) is 0. The van der Waals surface area contributed by atoms with Crippen molar-refractivity contribution < 1.29 is 4.42 Å². The van der Waals surface area contributed by atoms with Gasteiger partial charge in [-0.1, -0.05) is 158 Å². The summed E-state index contributed by atoms with van der Waals surface area (Å²) in [5.41, 5.74) is 18.0. The maximum Gasteiger partial charge on any atom is 0.136 e. The van der Waals surface area contributed by atoms with Gasteiger partial charge in [-0.05, 0) is 129 Å². The number of para-hydroxylation sites is 3. The van der Waals surface area contributed by atoms with Crippen LogP contribution in [-0.4, -0.2) is 4.57 Å². The average Bonchev–Trinajstić information content (AvgIpc) is 3.91. The molecule has 10 aromatic carbocycles. The van der Waals surface area contributed by atoms with Crippen molar-refractivity contribution in [2.45, 2.75) is 0 Å². The molecule has 12 aromatic rings. The number of anilines is 3. The third-order valence-corrected chi connectivity index (χ3v) is 12.4. The van der Waals surface area contributed by atoms with Crippen LogP contribution >= 0.6 is 0 Å². The molecule has 63 heavy (non-hydrogen) atoms. The number of aromatic nitrogens is 1. The summed E-state index contributed by atoms with van der Waals surface area (Å²) < 4.78 is 8.60. The summed E-state index contributed by atoms with van der Waals surface area (Å²) in [6, 6.07) is 87.1. The largest absolute Gasteiger partial charge is 0.456 e. The van der Waals surface area contributed by atoms with Crippen molar-refractivity contribution in [2.24, 2.45) is 0 Å². The van der Waals surface area contributed by atoms with Crippen molar-refractivity contribution in [1.82, 2.24) is 4.57 Å². The Morgan fingerprint density at radius 3 is 1.24 bits per heavy atom. The highest BCUT2D eigenvalue weighted by Gasteiger charge is 2.16. The van der Waals surface area contributed by atoms with Crippen LogP contribution in [0.25, 0.3) is 93.9 Å². The third-order valence-electron chi connectivity index (χ3n) is 12.4. The Morgan fingerprint density at radius 1 is 0.270 bits per heavy atom. The highest BCUT2D eigenvalue weighted by molar-refractivity contribution is 6.09. The summed E-state index contributed by atoms with van der Waals surface area (Å²) in [4.78, 5) is 2.33. The molecular formula is C60H40N2O. The van der Waals surface area contributed by atoms with Crippen molar-refractivity contribution in [3.05, 3.63) is 243 Å². The first-order chi connectivity index (χ1) is 31.2. The molecule has 0 aliphatic heterocycles. The van der Waals surface area contributed by atoms with E-state index in [-0.39, 0.29) is 0 Å². The summed E-state index contributed by atoms with van der Waals surface area (Å²) in [7, 11) is 0. The second-order valence-corrected chi connectivity index (χ2v) is 16.1. The van der Waals surface area contributed by atoms with Crippen molar-refractivity contribution in [2.75, 3.05) is 4.90 Å². The van der Waals surface area contributed by atoms with Gasteiger partial charge in [0.05, 0.1) is 11.0 Å². The molecule has 0 N–H and O–H groups in total. The van der Waals surface area contributed by atoms with Gasteiger partial charge >= 0.3 is 0 Å². The summed E-state index contributed by atoms with van der Waals surface area (Å²) >= 11 is 0. The zero-order chi connectivity index (χ0) is 41.7. The van der Waals surface area contributed by atoms with Gasteiger partial charge in [0.15, 0.2) is 0 Å². The van der Waals surface area contributed by atoms with Gasteiger partial charge in [0, 0.05) is 44.3 Å². The Balaban J connectivity index is 0.858. The van der Waals surface area contributed by atoms with Crippen molar-refractivity contribution >= 4 is 60.8 Å². The van der Waals surface area contributed by atoms with Gasteiger partial charge in [0.2, 0.25) is 0 Å². The molecule has 0 aliphatic rings. The Kier molecular flexibility index (Phi) is 8.83. The molecule has 0 radical (unpaired) electrons. The molecule has 0 atom stereocenters. The summed E-state index contributed by atoms with van der Waals surface area (Å²) in [5, 5.41) is 4.82. The van der Waals surface area contributed by atoms with Crippen molar-refractivity contribution in [3.63, 3.8) is 0 Å². The summed E-state index contributed by atoms with van der Waals surface area (Å²) in [5.74, 6) is 0. The van der Waals surface area contributed by atoms with Crippen LogP contribution in [0, 0.1) is 0 Å². The minimum atomic E-state index is 0.900. The molecule has 12 rings (SSSR count). The molecule has 0 saturated carbocycles. The quantitative estimate of drug-likeness (QED) is 0.153. The maximum absolute atomic E-state index is 6.24. The van der Waals surface area contributed by atoms with Gasteiger partial charge < -0.3 is 13.9 Å². The number of furan rings is 1. The highest BCUT2D eigenvalue weighted by Crippen LogP contribution is 2.40. The van der Waals surface area contributed by atoms with Crippen LogP contribution in [0.3, 0.4) is 0 Å². The standard InChI is InChI=1S/C60H40N2O/c1-2-11-41(12-3-1)42-21-30-49(31-22-42)61(51-34-25-45(26-35-51)48-29-38-56-55-17-6-9-20-59(55)63-60(56)40-48)50-32-23-43(24-33-50)46-13-10-14-47(39-46)44-27-36-52(37-28-44)62-57-18-7-4-15-53(57)54-16-5-8-19-58(54)62/h1-40H. The van der Waals surface area contributed by atoms with Crippen molar-refractivity contribution in [1.29, 1.82) is 0 Å². The van der Waals surface area contributed by atoms with Gasteiger partial charge in [-0.15, -0.1) is 0 Å². The Hall–Kier alpha value is -8.40. The predicted molar refractivity (Wildman–Crippen MR) is 264 cm³/mol. The lowest BCUT2D eigenvalue weighted by Crippen LogP contribution is -2.09. The highest BCUT2D eigenvalue weighted by atomic mass is 16.3. The number of nitrogens with zero attached hydrogens (tertiary/aromatic N) is 2. The van der Waals surface area contributed by atoms with E-state index in [4.69, 9.17) is 4.42 Å². The zero-order valence-corrected chi connectivity index (χ0v) is 34.4. The van der Waals surface area contributed by atoms with E-state index in [0.29, 0.717) is 0 Å². The lowest BCUT2D eigenvalue weighted by Gasteiger charge is -2.26. The minimum absolute atomic E-state index is 0.900. The van der Waals surface area contributed by atoms with E-state index in [1.807, 2.05) is 12.1 Å². The van der Waals surface area contributed by atoms with E-state index in [1.165, 1.54) is 55.2 Å². The molecule has 0 spiro atoms. The molecule has 0 amide bonds. The van der Waals surface area contributed by atoms with Gasteiger partial charge in [-0.2, -0.15) is 0 Å². The monoisotopic (exact) mass is 804 g/mol. The topological polar surface area (TPSA) is 21.3 Å². The first-order valence-electron chi connectivity index (χ1n) is 21.5. The van der Waals surface area contributed by atoms with E-state index >= 15 is 0 Å². The molecule has 2 heterocycles. The molecule has 0 fully saturated rings. The lowest BCUT2D eigenvalue weighted by atomic mass is 9.98. The third kappa shape index (κ3) is 6.55. The minimum Gasteiger partial charge on any atom is -0.456 e. The van der Waals surface area contributed by atoms with E-state index in [1.54, 1.807) is 0 Å². The SMILES string of the molecule is c1ccc(-c2ccc(N(c3ccc(-c4cccc(-c5ccc(-n6c7ccccc7c7ccccc76)cc5)c4)cc3)c3ccc(-c4ccc5c(c4)oc4ccccc45)cc3)cc2)cc1. The van der Waals surface area contributed by atoms with Crippen LogP contribution in [0.5, 0.6) is 0 Å². The Bertz CT molecular complexity index is 3530.